The highest BCUT2D eigenvalue weighted by Crippen LogP contribution is 2.51. The number of rotatable bonds is 6. The molecule has 0 N–H and O–H groups in total. The van der Waals surface area contributed by atoms with Crippen molar-refractivity contribution >= 4 is 166 Å². The van der Waals surface area contributed by atoms with Crippen LogP contribution in [0.1, 0.15) is 17.0 Å². The van der Waals surface area contributed by atoms with Crippen molar-refractivity contribution in [2.45, 2.75) is 0 Å². The standard InChI is InChI=1S/C52H37B4N5.2C32H25B4N7/c1-3-17-43-41(15-1)46-26-24-40(61-51-21-7-5-19-47(51)48-20-6-8-22-52(48)61)36-50(46)44-18-4-2-16-42(44)45-25-23-38(35-49(43)45)39-27-31-56-59-34-13-10-29-54(59)57-32-12-9-28-53(57)58-33-14-11-30-55(58)60(56)37-39;1-3-13-30-27(11-1)28-12-2-4-14-31(28)43(30)32-37-20-15-29(38-32)26-16-24-42-35-19-6-9-22-40(35)33-17-5-8-21-39(33)34-18-7-10-23-41(34)36(42)25-26;1-3-13-30-27(11-1)28-12-2-4-14-31(28)43(30)32-25-37-24-29(38-32)26-15-22-42-35-18-6-9-20-40(35)33-16-5-8-19-39(33)34-17-7-10-21-41(34)36(42)23-26/h1-37H;2*1-25H. The molecule has 0 spiro atoms. The van der Waals surface area contributed by atoms with E-state index in [-0.39, 0.29) is 83.8 Å². The van der Waals surface area contributed by atoms with Crippen molar-refractivity contribution in [3.8, 4) is 62.0 Å². The van der Waals surface area contributed by atoms with Gasteiger partial charge in [0.05, 0.1) is 56.9 Å². The molecular formula is C116H87B12N19. The molecule has 682 valence electrons. The van der Waals surface area contributed by atoms with Gasteiger partial charge in [-0.15, -0.1) is 0 Å². The third kappa shape index (κ3) is 14.2. The molecule has 15 aromatic rings. The minimum Gasteiger partial charge on any atom is -0.423 e. The summed E-state index contributed by atoms with van der Waals surface area (Å²) in [5, 5.41) is 7.35. The molecule has 3 fully saturated rings. The van der Waals surface area contributed by atoms with Gasteiger partial charge in [-0.05, 0) is 269 Å². The zero-order chi connectivity index (χ0) is 96.7. The summed E-state index contributed by atoms with van der Waals surface area (Å²) in [6, 6.07) is 85.6. The third-order valence-corrected chi connectivity index (χ3v) is 31.1. The van der Waals surface area contributed by atoms with E-state index in [1.54, 1.807) is 0 Å². The normalized spacial score (nSPS) is 17.6. The van der Waals surface area contributed by atoms with Crippen LogP contribution in [0.4, 0.5) is 0 Å². The number of aromatic nitrogens is 7. The molecule has 31 heteroatoms. The lowest BCUT2D eigenvalue weighted by Crippen LogP contribution is -2.73. The van der Waals surface area contributed by atoms with Crippen LogP contribution in [0.3, 0.4) is 0 Å². The van der Waals surface area contributed by atoms with Crippen molar-refractivity contribution in [3.63, 3.8) is 0 Å². The van der Waals surface area contributed by atoms with Gasteiger partial charge < -0.3 is 61.2 Å². The summed E-state index contributed by atoms with van der Waals surface area (Å²) in [6.07, 6.45) is 77.7. The van der Waals surface area contributed by atoms with Crippen molar-refractivity contribution in [1.29, 1.82) is 0 Å². The lowest BCUT2D eigenvalue weighted by molar-refractivity contribution is 0.622. The van der Waals surface area contributed by atoms with Crippen molar-refractivity contribution in [2.24, 2.45) is 0 Å². The molecule has 16 aliphatic rings. The zero-order valence-electron chi connectivity index (χ0n) is 80.2. The van der Waals surface area contributed by atoms with Crippen molar-refractivity contribution < 1.29 is 0 Å². The predicted molar refractivity (Wildman–Crippen MR) is 616 cm³/mol. The van der Waals surface area contributed by atoms with Gasteiger partial charge in [0.15, 0.2) is 5.82 Å². The Morgan fingerprint density at radius 1 is 0.211 bits per heavy atom. The van der Waals surface area contributed by atoms with Crippen LogP contribution in [0.15, 0.2) is 529 Å². The van der Waals surface area contributed by atoms with Crippen molar-refractivity contribution in [3.05, 3.63) is 546 Å². The van der Waals surface area contributed by atoms with Gasteiger partial charge in [0.1, 0.15) is 0 Å². The molecular weight excluding hydrogens is 1790 g/mol. The Morgan fingerprint density at radius 3 is 0.925 bits per heavy atom. The highest BCUT2D eigenvalue weighted by atomic mass is 15.3. The first-order valence-corrected chi connectivity index (χ1v) is 50.7. The average molecular weight is 1880 g/mol. The molecule has 147 heavy (non-hydrogen) atoms. The first kappa shape index (κ1) is 85.7. The van der Waals surface area contributed by atoms with Crippen molar-refractivity contribution in [1.82, 2.24) is 90.3 Å². The van der Waals surface area contributed by atoms with Crippen LogP contribution >= 0.6 is 0 Å². The van der Waals surface area contributed by atoms with E-state index < -0.39 is 0 Å². The molecule has 0 unspecified atom stereocenters. The molecule has 1 aliphatic carbocycles. The smallest absolute Gasteiger partial charge is 0.381 e. The Hall–Kier alpha value is -18.1. The van der Waals surface area contributed by atoms with Gasteiger partial charge in [-0.25, -0.2) is 15.0 Å². The summed E-state index contributed by atoms with van der Waals surface area (Å²) < 4.78 is 36.1. The fourth-order valence-corrected chi connectivity index (χ4v) is 24.6. The van der Waals surface area contributed by atoms with E-state index in [0.29, 0.717) is 5.95 Å². The minimum absolute atomic E-state index is 0.0136. The summed E-state index contributed by atoms with van der Waals surface area (Å²) in [6.45, 7) is 0.442. The molecule has 3 saturated heterocycles. The van der Waals surface area contributed by atoms with Crippen LogP contribution in [-0.4, -0.2) is 174 Å². The van der Waals surface area contributed by atoms with Crippen LogP contribution in [0, 0.1) is 0 Å². The number of hydrogen-bond donors (Lipinski definition) is 0. The number of para-hydroxylation sites is 6. The molecule has 0 amide bonds. The summed E-state index contributed by atoms with van der Waals surface area (Å²) in [7, 11) is 0. The third-order valence-electron chi connectivity index (χ3n) is 31.1. The molecule has 20 heterocycles. The van der Waals surface area contributed by atoms with E-state index in [2.05, 4.69) is 575 Å². The summed E-state index contributed by atoms with van der Waals surface area (Å²) in [5.74, 6) is 29.1. The molecule has 5 aromatic heterocycles. The minimum atomic E-state index is -0.0474. The van der Waals surface area contributed by atoms with E-state index in [1.165, 1.54) is 99.0 Å². The van der Waals surface area contributed by atoms with Gasteiger partial charge in [0.2, 0.25) is 5.95 Å². The monoisotopic (exact) mass is 1880 g/mol. The second-order valence-electron chi connectivity index (χ2n) is 38.9. The second-order valence-corrected chi connectivity index (χ2v) is 38.9. The first-order chi connectivity index (χ1) is 73.0. The maximum Gasteiger partial charge on any atom is 0.381 e. The Bertz CT molecular complexity index is 8320. The summed E-state index contributed by atoms with van der Waals surface area (Å²) in [4.78, 5) is 19.9. The van der Waals surface area contributed by atoms with Crippen LogP contribution in [0.2, 0.25) is 0 Å². The van der Waals surface area contributed by atoms with Gasteiger partial charge in [-0.1, -0.05) is 308 Å². The van der Waals surface area contributed by atoms with E-state index in [9.17, 15) is 0 Å². The number of benzene rings is 10. The van der Waals surface area contributed by atoms with Crippen LogP contribution < -0.4 is 0 Å². The Morgan fingerprint density at radius 2 is 0.524 bits per heavy atom. The molecule has 10 aromatic carbocycles. The topological polar surface area (TPSA) is 105 Å². The maximum atomic E-state index is 5.22. The molecule has 0 radical (unpaired) electrons. The molecule has 0 saturated carbocycles. The number of hydrogen-bond acceptors (Lipinski definition) is 16. The fraction of sp³-hybridized carbons (Fsp3) is 0. The van der Waals surface area contributed by atoms with E-state index in [0.717, 1.165) is 56.1 Å². The molecule has 15 aliphatic heterocycles. The second kappa shape index (κ2) is 35.5. The van der Waals surface area contributed by atoms with Gasteiger partial charge in [0, 0.05) is 44.2 Å². The first-order valence-electron chi connectivity index (χ1n) is 50.7. The predicted octanol–water partition coefficient (Wildman–Crippen LogP) is 21.4. The highest BCUT2D eigenvalue weighted by Gasteiger charge is 2.54. The number of allylic oxidation sites excluding steroid dienone is 24. The number of nitrogens with zero attached hydrogens (tertiary/aromatic N) is 19. The fourth-order valence-electron chi connectivity index (χ4n) is 24.6. The Labute approximate surface area is 858 Å². The largest absolute Gasteiger partial charge is 0.423 e. The van der Waals surface area contributed by atoms with Crippen molar-refractivity contribution in [2.75, 3.05) is 0 Å². The van der Waals surface area contributed by atoms with E-state index >= 15 is 0 Å². The molecule has 31 rings (SSSR count). The lowest BCUT2D eigenvalue weighted by atomic mass is 9.41. The van der Waals surface area contributed by atoms with Gasteiger partial charge in [-0.3, -0.25) is 14.1 Å². The maximum absolute atomic E-state index is 5.22. The van der Waals surface area contributed by atoms with Crippen LogP contribution in [0.25, 0.3) is 144 Å². The number of fused-ring (bicyclic) bond motifs is 41. The van der Waals surface area contributed by atoms with Gasteiger partial charge in [-0.2, -0.15) is 0 Å². The highest BCUT2D eigenvalue weighted by molar-refractivity contribution is 6.95. The van der Waals surface area contributed by atoms with Crippen LogP contribution in [0.5, 0.6) is 0 Å². The van der Waals surface area contributed by atoms with Crippen LogP contribution in [-0.2, 0) is 0 Å². The van der Waals surface area contributed by atoms with Gasteiger partial charge in [0.25, 0.3) is 0 Å². The Balaban J connectivity index is 0.000000107. The molecule has 19 nitrogen and oxygen atoms in total. The SMILES string of the molecule is C1=CB2N(C=C1)B1C=CC=CN1B1C=C(c3ccnc(-n4c5ccccc5c5ccccc54)n3)C=CN1B1C=CC=CN21.C1=CB2N(C=C1)B1C=CC=CN1B1C=C(c3cncc(-n4c5ccccc5c5ccccc54)n3)C=CN1B1C=CC=CN21.C1=CB2N(C=C1)B1C=CC=CN1B1C=CC(c3ccc4c(c3)-c3ccccc3-c3ccc(-n5c6ccccc6c6ccccc65)cc3-c3ccccc3-4)=CN1B1C=CC=CN21. The molecule has 0 bridgehead atoms. The summed E-state index contributed by atoms with van der Waals surface area (Å²) >= 11 is 0. The lowest BCUT2D eigenvalue weighted by Gasteiger charge is -2.53. The molecule has 0 atom stereocenters. The zero-order valence-corrected chi connectivity index (χ0v) is 80.2. The summed E-state index contributed by atoms with van der Waals surface area (Å²) in [5.41, 5.74) is 24.2. The average Bonchev–Trinajstić information content (AvgIpc) is 1.64. The van der Waals surface area contributed by atoms with Gasteiger partial charge >= 0.3 is 83.8 Å². The quantitative estimate of drug-likeness (QED) is 0.147. The van der Waals surface area contributed by atoms with E-state index in [1.807, 2.05) is 24.7 Å². The Kier molecular flexibility index (Phi) is 20.7. The van der Waals surface area contributed by atoms with E-state index in [4.69, 9.17) is 19.9 Å².